The highest BCUT2D eigenvalue weighted by molar-refractivity contribution is 6.22. The minimum absolute atomic E-state index is 0.208. The fourth-order valence-corrected chi connectivity index (χ4v) is 3.45. The molecule has 0 saturated carbocycles. The number of nitrogens with zero attached hydrogens (tertiary/aromatic N) is 1. The van der Waals surface area contributed by atoms with E-state index in [1.165, 1.54) is 23.1 Å². The Hall–Kier alpha value is -3.48. The Morgan fingerprint density at radius 1 is 0.774 bits per heavy atom. The smallest absolute Gasteiger partial charge is 0.261 e. The van der Waals surface area contributed by atoms with Crippen LogP contribution in [-0.4, -0.2) is 47.7 Å². The highest BCUT2D eigenvalue weighted by Crippen LogP contribution is 2.25. The first kappa shape index (κ1) is 22.2. The highest BCUT2D eigenvalue weighted by atomic mass is 16.2. The van der Waals surface area contributed by atoms with Gasteiger partial charge in [-0.05, 0) is 55.7 Å². The molecular formula is C24H27N3O4. The number of rotatable bonds is 7. The summed E-state index contributed by atoms with van der Waals surface area (Å²) in [7, 11) is 0. The average Bonchev–Trinajstić information content (AvgIpc) is 3.00. The number of amides is 4. The molecule has 2 N–H and O–H groups in total. The van der Waals surface area contributed by atoms with Crippen molar-refractivity contribution in [3.05, 3.63) is 70.3 Å². The van der Waals surface area contributed by atoms with Gasteiger partial charge in [0.2, 0.25) is 0 Å². The summed E-state index contributed by atoms with van der Waals surface area (Å²) in [6.45, 7) is 8.21. The molecule has 0 radical (unpaired) electrons. The second-order valence-electron chi connectivity index (χ2n) is 8.12. The van der Waals surface area contributed by atoms with Crippen LogP contribution >= 0.6 is 0 Å². The second-order valence-corrected chi connectivity index (χ2v) is 8.12. The maximum absolute atomic E-state index is 12.5. The second kappa shape index (κ2) is 9.12. The fraction of sp³-hybridized carbons (Fsp3) is 0.333. The lowest BCUT2D eigenvalue weighted by atomic mass is 10.0. The Labute approximate surface area is 181 Å². The first-order valence-electron chi connectivity index (χ1n) is 10.4. The van der Waals surface area contributed by atoms with Gasteiger partial charge in [-0.3, -0.25) is 24.1 Å². The molecule has 0 unspecified atom stereocenters. The molecule has 1 aliphatic heterocycles. The fourth-order valence-electron chi connectivity index (χ4n) is 3.45. The van der Waals surface area contributed by atoms with Crippen LogP contribution in [0.3, 0.4) is 0 Å². The first-order valence-corrected chi connectivity index (χ1v) is 10.4. The van der Waals surface area contributed by atoms with Gasteiger partial charge in [0.15, 0.2) is 0 Å². The number of hydrogen-bond acceptors (Lipinski definition) is 4. The van der Waals surface area contributed by atoms with Crippen LogP contribution in [0.5, 0.6) is 0 Å². The van der Waals surface area contributed by atoms with E-state index in [4.69, 9.17) is 0 Å². The molecule has 0 atom stereocenters. The van der Waals surface area contributed by atoms with E-state index in [1.807, 2.05) is 12.1 Å². The number of hydrogen-bond donors (Lipinski definition) is 2. The van der Waals surface area contributed by atoms with E-state index in [-0.39, 0.29) is 48.3 Å². The standard InChI is InChI=1S/C24H27N3O4/c1-14(2)16-5-7-17(8-6-16)21(28)25-11-12-26-22(29)18-9-10-19-20(13-18)24(31)27(15(3)4)23(19)30/h5-10,13-15H,11-12H2,1-4H3,(H,25,28)(H,26,29). The van der Waals surface area contributed by atoms with Crippen LogP contribution < -0.4 is 10.6 Å². The van der Waals surface area contributed by atoms with E-state index in [9.17, 15) is 19.2 Å². The van der Waals surface area contributed by atoms with Crippen LogP contribution in [-0.2, 0) is 0 Å². The zero-order valence-corrected chi connectivity index (χ0v) is 18.2. The van der Waals surface area contributed by atoms with Crippen LogP contribution in [0.2, 0.25) is 0 Å². The molecule has 7 heteroatoms. The quantitative estimate of drug-likeness (QED) is 0.531. The number of imide groups is 1. The van der Waals surface area contributed by atoms with Gasteiger partial charge in [0.1, 0.15) is 0 Å². The maximum Gasteiger partial charge on any atom is 0.261 e. The Bertz CT molecular complexity index is 1030. The highest BCUT2D eigenvalue weighted by Gasteiger charge is 2.37. The summed E-state index contributed by atoms with van der Waals surface area (Å²) in [6, 6.07) is 11.7. The SMILES string of the molecule is CC(C)c1ccc(C(=O)NCCNC(=O)c2ccc3c(c2)C(=O)N(C(C)C)C3=O)cc1. The summed E-state index contributed by atoms with van der Waals surface area (Å²) in [5.74, 6) is -0.915. The van der Waals surface area contributed by atoms with Gasteiger partial charge < -0.3 is 10.6 Å². The predicted molar refractivity (Wildman–Crippen MR) is 117 cm³/mol. The first-order chi connectivity index (χ1) is 14.7. The molecule has 7 nitrogen and oxygen atoms in total. The Morgan fingerprint density at radius 3 is 1.84 bits per heavy atom. The minimum atomic E-state index is -0.389. The van der Waals surface area contributed by atoms with Gasteiger partial charge in [0.25, 0.3) is 23.6 Å². The monoisotopic (exact) mass is 421 g/mol. The third-order valence-electron chi connectivity index (χ3n) is 5.23. The van der Waals surface area contributed by atoms with Crippen LogP contribution in [0, 0.1) is 0 Å². The zero-order valence-electron chi connectivity index (χ0n) is 18.2. The number of benzene rings is 2. The lowest BCUT2D eigenvalue weighted by Gasteiger charge is -2.17. The zero-order chi connectivity index (χ0) is 22.7. The average molecular weight is 421 g/mol. The molecule has 0 bridgehead atoms. The molecule has 0 fully saturated rings. The maximum atomic E-state index is 12.5. The largest absolute Gasteiger partial charge is 0.350 e. The van der Waals surface area contributed by atoms with Crippen LogP contribution in [0.25, 0.3) is 0 Å². The molecular weight excluding hydrogens is 394 g/mol. The normalized spacial score (nSPS) is 13.0. The summed E-state index contributed by atoms with van der Waals surface area (Å²) >= 11 is 0. The summed E-state index contributed by atoms with van der Waals surface area (Å²) in [6.07, 6.45) is 0. The third kappa shape index (κ3) is 4.66. The van der Waals surface area contributed by atoms with Gasteiger partial charge in [-0.2, -0.15) is 0 Å². The molecule has 4 amide bonds. The Kier molecular flexibility index (Phi) is 6.53. The van der Waals surface area contributed by atoms with E-state index in [0.717, 1.165) is 5.56 Å². The molecule has 162 valence electrons. The van der Waals surface area contributed by atoms with E-state index in [0.29, 0.717) is 22.6 Å². The van der Waals surface area contributed by atoms with Crippen molar-refractivity contribution in [2.75, 3.05) is 13.1 Å². The van der Waals surface area contributed by atoms with Gasteiger partial charge >= 0.3 is 0 Å². The molecule has 0 saturated heterocycles. The third-order valence-corrected chi connectivity index (χ3v) is 5.23. The summed E-state index contributed by atoms with van der Waals surface area (Å²) in [5, 5.41) is 5.49. The number of carbonyl (C=O) groups is 4. The molecule has 2 aromatic rings. The molecule has 1 aliphatic rings. The van der Waals surface area contributed by atoms with Crippen molar-refractivity contribution in [3.63, 3.8) is 0 Å². The van der Waals surface area contributed by atoms with Crippen molar-refractivity contribution in [1.82, 2.24) is 15.5 Å². The van der Waals surface area contributed by atoms with Crippen molar-refractivity contribution in [2.24, 2.45) is 0 Å². The Morgan fingerprint density at radius 2 is 1.29 bits per heavy atom. The van der Waals surface area contributed by atoms with Gasteiger partial charge in [-0.25, -0.2) is 0 Å². The van der Waals surface area contributed by atoms with Crippen molar-refractivity contribution in [2.45, 2.75) is 39.7 Å². The van der Waals surface area contributed by atoms with Crippen molar-refractivity contribution < 1.29 is 19.2 Å². The van der Waals surface area contributed by atoms with Gasteiger partial charge in [0, 0.05) is 30.3 Å². The van der Waals surface area contributed by atoms with Crippen LogP contribution in [0.4, 0.5) is 0 Å². The van der Waals surface area contributed by atoms with Crippen molar-refractivity contribution in [3.8, 4) is 0 Å². The summed E-state index contributed by atoms with van der Waals surface area (Å²) in [5.41, 5.74) is 2.57. The molecule has 1 heterocycles. The molecule has 0 aliphatic carbocycles. The Balaban J connectivity index is 1.53. The van der Waals surface area contributed by atoms with Gasteiger partial charge in [-0.1, -0.05) is 26.0 Å². The molecule has 2 aromatic carbocycles. The van der Waals surface area contributed by atoms with Crippen LogP contribution in [0.15, 0.2) is 42.5 Å². The summed E-state index contributed by atoms with van der Waals surface area (Å²) in [4.78, 5) is 50.7. The van der Waals surface area contributed by atoms with E-state index >= 15 is 0 Å². The van der Waals surface area contributed by atoms with E-state index in [2.05, 4.69) is 24.5 Å². The molecule has 3 rings (SSSR count). The molecule has 31 heavy (non-hydrogen) atoms. The number of nitrogens with one attached hydrogen (secondary N) is 2. The number of fused-ring (bicyclic) bond motifs is 1. The topological polar surface area (TPSA) is 95.6 Å². The van der Waals surface area contributed by atoms with Crippen molar-refractivity contribution >= 4 is 23.6 Å². The molecule has 0 spiro atoms. The lowest BCUT2D eigenvalue weighted by Crippen LogP contribution is -2.36. The van der Waals surface area contributed by atoms with Crippen molar-refractivity contribution in [1.29, 1.82) is 0 Å². The lowest BCUT2D eigenvalue weighted by molar-refractivity contribution is 0.0608. The predicted octanol–water partition coefficient (Wildman–Crippen LogP) is 2.97. The molecule has 0 aromatic heterocycles. The van der Waals surface area contributed by atoms with Gasteiger partial charge in [0.05, 0.1) is 11.1 Å². The summed E-state index contributed by atoms with van der Waals surface area (Å²) < 4.78 is 0. The number of carbonyl (C=O) groups excluding carboxylic acids is 4. The van der Waals surface area contributed by atoms with Crippen LogP contribution in [0.1, 0.15) is 80.6 Å². The van der Waals surface area contributed by atoms with E-state index in [1.54, 1.807) is 26.0 Å². The van der Waals surface area contributed by atoms with Gasteiger partial charge in [-0.15, -0.1) is 0 Å². The minimum Gasteiger partial charge on any atom is -0.350 e. The van der Waals surface area contributed by atoms with E-state index < -0.39 is 0 Å².